The molecule has 2 amide bonds. The zero-order valence-electron chi connectivity index (χ0n) is 13.2. The van der Waals surface area contributed by atoms with Gasteiger partial charge in [-0.25, -0.2) is 8.78 Å². The molecule has 25 heavy (non-hydrogen) atoms. The molecule has 0 aromatic heterocycles. The van der Waals surface area contributed by atoms with Crippen LogP contribution in [-0.2, 0) is 9.59 Å². The fourth-order valence-electron chi connectivity index (χ4n) is 2.24. The van der Waals surface area contributed by atoms with Gasteiger partial charge in [0.15, 0.2) is 17.4 Å². The van der Waals surface area contributed by atoms with Gasteiger partial charge in [-0.15, -0.1) is 0 Å². The first-order valence-corrected chi connectivity index (χ1v) is 7.50. The minimum absolute atomic E-state index is 0.0267. The minimum atomic E-state index is -1.13. The van der Waals surface area contributed by atoms with Crippen molar-refractivity contribution in [3.8, 4) is 0 Å². The van der Waals surface area contributed by atoms with E-state index in [2.05, 4.69) is 5.32 Å². The number of amides is 2. The molecular weight excluding hydrogens is 330 g/mol. The Morgan fingerprint density at radius 1 is 0.960 bits per heavy atom. The Bertz CT molecular complexity index is 794. The van der Waals surface area contributed by atoms with Crippen LogP contribution in [0, 0.1) is 11.6 Å². The zero-order chi connectivity index (χ0) is 18.4. The highest BCUT2D eigenvalue weighted by Gasteiger charge is 2.20. The fourth-order valence-corrected chi connectivity index (χ4v) is 2.24. The van der Waals surface area contributed by atoms with Crippen LogP contribution >= 0.6 is 0 Å². The average molecular weight is 346 g/mol. The lowest BCUT2D eigenvalue weighted by molar-refractivity contribution is -0.127. The Morgan fingerprint density at radius 3 is 2.24 bits per heavy atom. The van der Waals surface area contributed by atoms with Crippen molar-refractivity contribution < 1.29 is 23.2 Å². The standard InChI is InChI=1S/C18H16F2N2O3/c19-13-7-6-12(10-14(13)20)15(23)8-9-16(24)22-17(18(21)25)11-4-2-1-3-5-11/h1-7,10,17H,8-9H2,(H2,21,25)(H,22,24)/t17-/m0/s1. The molecule has 0 aliphatic carbocycles. The summed E-state index contributed by atoms with van der Waals surface area (Å²) in [6.45, 7) is 0. The van der Waals surface area contributed by atoms with Crippen molar-refractivity contribution in [3.05, 3.63) is 71.3 Å². The molecule has 0 unspecified atom stereocenters. The summed E-state index contributed by atoms with van der Waals surface area (Å²) >= 11 is 0. The number of nitrogens with two attached hydrogens (primary N) is 1. The van der Waals surface area contributed by atoms with E-state index < -0.39 is 35.3 Å². The molecular formula is C18H16F2N2O3. The number of nitrogens with one attached hydrogen (secondary N) is 1. The first-order valence-electron chi connectivity index (χ1n) is 7.50. The SMILES string of the molecule is NC(=O)[C@@H](NC(=O)CCC(=O)c1ccc(F)c(F)c1)c1ccccc1. The Labute approximate surface area is 142 Å². The number of carbonyl (C=O) groups excluding carboxylic acids is 3. The van der Waals surface area contributed by atoms with Crippen molar-refractivity contribution in [2.24, 2.45) is 5.73 Å². The van der Waals surface area contributed by atoms with Crippen LogP contribution in [0.15, 0.2) is 48.5 Å². The number of hydrogen-bond donors (Lipinski definition) is 2. The van der Waals surface area contributed by atoms with E-state index >= 15 is 0 Å². The number of carbonyl (C=O) groups is 3. The Morgan fingerprint density at radius 2 is 1.64 bits per heavy atom. The van der Waals surface area contributed by atoms with Gasteiger partial charge >= 0.3 is 0 Å². The number of primary amides is 1. The lowest BCUT2D eigenvalue weighted by Crippen LogP contribution is -2.37. The molecule has 1 atom stereocenters. The van der Waals surface area contributed by atoms with Gasteiger partial charge in [0.1, 0.15) is 6.04 Å². The van der Waals surface area contributed by atoms with Crippen molar-refractivity contribution in [3.63, 3.8) is 0 Å². The highest BCUT2D eigenvalue weighted by Crippen LogP contribution is 2.14. The van der Waals surface area contributed by atoms with Crippen LogP contribution in [0.25, 0.3) is 0 Å². The van der Waals surface area contributed by atoms with E-state index in [4.69, 9.17) is 5.73 Å². The third-order valence-electron chi connectivity index (χ3n) is 3.54. The summed E-state index contributed by atoms with van der Waals surface area (Å²) in [6.07, 6.45) is -0.425. The quantitative estimate of drug-likeness (QED) is 0.754. The van der Waals surface area contributed by atoms with Gasteiger partial charge in [0.2, 0.25) is 11.8 Å². The fraction of sp³-hybridized carbons (Fsp3) is 0.167. The second-order valence-electron chi connectivity index (χ2n) is 5.37. The Balaban J connectivity index is 1.96. The van der Waals surface area contributed by atoms with E-state index in [1.54, 1.807) is 30.3 Å². The molecule has 2 aromatic rings. The summed E-state index contributed by atoms with van der Waals surface area (Å²) in [5.41, 5.74) is 5.79. The molecule has 3 N–H and O–H groups in total. The van der Waals surface area contributed by atoms with E-state index in [0.717, 1.165) is 18.2 Å². The minimum Gasteiger partial charge on any atom is -0.368 e. The van der Waals surface area contributed by atoms with Crippen LogP contribution in [0.3, 0.4) is 0 Å². The number of hydrogen-bond acceptors (Lipinski definition) is 3. The van der Waals surface area contributed by atoms with Gasteiger partial charge in [0.25, 0.3) is 0 Å². The molecule has 2 rings (SSSR count). The van der Waals surface area contributed by atoms with Crippen LogP contribution < -0.4 is 11.1 Å². The molecule has 0 heterocycles. The summed E-state index contributed by atoms with van der Waals surface area (Å²) in [5.74, 6) is -3.98. The first kappa shape index (κ1) is 18.3. The zero-order valence-corrected chi connectivity index (χ0v) is 13.2. The molecule has 0 saturated heterocycles. The van der Waals surface area contributed by atoms with Crippen LogP contribution in [0.1, 0.15) is 34.8 Å². The molecule has 0 bridgehead atoms. The number of Topliss-reactive ketones (excluding diaryl/α,β-unsaturated/α-hetero) is 1. The molecule has 7 heteroatoms. The third-order valence-corrected chi connectivity index (χ3v) is 3.54. The first-order chi connectivity index (χ1) is 11.9. The lowest BCUT2D eigenvalue weighted by Gasteiger charge is -2.15. The summed E-state index contributed by atoms with van der Waals surface area (Å²) in [4.78, 5) is 35.5. The van der Waals surface area contributed by atoms with Gasteiger partial charge in [0.05, 0.1) is 0 Å². The molecule has 0 aliphatic rings. The van der Waals surface area contributed by atoms with Crippen molar-refractivity contribution in [2.45, 2.75) is 18.9 Å². The third kappa shape index (κ3) is 4.94. The number of benzene rings is 2. The van der Waals surface area contributed by atoms with Crippen molar-refractivity contribution in [2.75, 3.05) is 0 Å². The highest BCUT2D eigenvalue weighted by molar-refractivity contribution is 5.98. The van der Waals surface area contributed by atoms with Crippen molar-refractivity contribution in [1.29, 1.82) is 0 Å². The normalized spacial score (nSPS) is 11.6. The maximum absolute atomic E-state index is 13.1. The largest absolute Gasteiger partial charge is 0.368 e. The van der Waals surface area contributed by atoms with Crippen LogP contribution in [0.2, 0.25) is 0 Å². The smallest absolute Gasteiger partial charge is 0.244 e. The molecule has 0 spiro atoms. The number of rotatable bonds is 7. The monoisotopic (exact) mass is 346 g/mol. The lowest BCUT2D eigenvalue weighted by atomic mass is 10.0. The Hall–Kier alpha value is -3.09. The van der Waals surface area contributed by atoms with E-state index in [9.17, 15) is 23.2 Å². The summed E-state index contributed by atoms with van der Waals surface area (Å²) < 4.78 is 26.0. The van der Waals surface area contributed by atoms with Gasteiger partial charge in [0, 0.05) is 18.4 Å². The number of halogens is 2. The second-order valence-corrected chi connectivity index (χ2v) is 5.37. The highest BCUT2D eigenvalue weighted by atomic mass is 19.2. The molecule has 130 valence electrons. The predicted molar refractivity (Wildman–Crippen MR) is 86.4 cm³/mol. The maximum Gasteiger partial charge on any atom is 0.244 e. The van der Waals surface area contributed by atoms with E-state index in [-0.39, 0.29) is 18.4 Å². The maximum atomic E-state index is 13.1. The summed E-state index contributed by atoms with van der Waals surface area (Å²) in [7, 11) is 0. The van der Waals surface area contributed by atoms with Gasteiger partial charge in [-0.1, -0.05) is 30.3 Å². The van der Waals surface area contributed by atoms with Crippen molar-refractivity contribution in [1.82, 2.24) is 5.32 Å². The molecule has 0 saturated carbocycles. The van der Waals surface area contributed by atoms with Crippen LogP contribution in [0.5, 0.6) is 0 Å². The second kappa shape index (κ2) is 8.14. The van der Waals surface area contributed by atoms with Gasteiger partial charge in [-0.05, 0) is 23.8 Å². The van der Waals surface area contributed by atoms with Crippen molar-refractivity contribution >= 4 is 17.6 Å². The summed E-state index contributed by atoms with van der Waals surface area (Å²) in [5, 5.41) is 2.46. The molecule has 5 nitrogen and oxygen atoms in total. The summed E-state index contributed by atoms with van der Waals surface area (Å²) in [6, 6.07) is 10.2. The van der Waals surface area contributed by atoms with E-state index in [1.807, 2.05) is 0 Å². The van der Waals surface area contributed by atoms with Crippen LogP contribution in [0.4, 0.5) is 8.78 Å². The Kier molecular flexibility index (Phi) is 5.94. The molecule has 0 fully saturated rings. The molecule has 0 aliphatic heterocycles. The average Bonchev–Trinajstić information content (AvgIpc) is 2.60. The van der Waals surface area contributed by atoms with Crippen LogP contribution in [-0.4, -0.2) is 17.6 Å². The number of ketones is 1. The molecule has 2 aromatic carbocycles. The van der Waals surface area contributed by atoms with E-state index in [1.165, 1.54) is 0 Å². The predicted octanol–water partition coefficient (Wildman–Crippen LogP) is 2.27. The molecule has 0 radical (unpaired) electrons. The van der Waals surface area contributed by atoms with E-state index in [0.29, 0.717) is 5.56 Å². The van der Waals surface area contributed by atoms with Gasteiger partial charge in [-0.3, -0.25) is 14.4 Å². The van der Waals surface area contributed by atoms with Gasteiger partial charge < -0.3 is 11.1 Å². The topological polar surface area (TPSA) is 89.3 Å². The van der Waals surface area contributed by atoms with Gasteiger partial charge in [-0.2, -0.15) is 0 Å².